The van der Waals surface area contributed by atoms with Crippen LogP contribution in [0.3, 0.4) is 0 Å². The molecular weight excluding hydrogens is 232 g/mol. The van der Waals surface area contributed by atoms with E-state index in [4.69, 9.17) is 0 Å². The summed E-state index contributed by atoms with van der Waals surface area (Å²) in [6, 6.07) is 3.02. The lowest BCUT2D eigenvalue weighted by atomic mass is 10.3. The predicted molar refractivity (Wildman–Crippen MR) is 60.8 cm³/mol. The second kappa shape index (κ2) is 6.06. The molecule has 5 heteroatoms. The van der Waals surface area contributed by atoms with Crippen LogP contribution in [0.5, 0.6) is 0 Å². The van der Waals surface area contributed by atoms with Crippen molar-refractivity contribution < 1.29 is 13.0 Å². The Hall–Kier alpha value is -0.810. The summed E-state index contributed by atoms with van der Waals surface area (Å²) < 4.78 is 37.9. The minimum Gasteiger partial charge on any atom is -0.314 e. The third-order valence-electron chi connectivity index (χ3n) is 2.09. The molecule has 0 saturated heterocycles. The molecule has 0 heterocycles. The molecule has 1 N–H and O–H groups in total. The molecule has 1 rings (SSSR count). The van der Waals surface area contributed by atoms with E-state index < -0.39 is 22.4 Å². The molecule has 90 valence electrons. The molecule has 0 aliphatic rings. The summed E-state index contributed by atoms with van der Waals surface area (Å²) in [6.45, 7) is 4.55. The molecule has 0 bridgehead atoms. The van der Waals surface area contributed by atoms with Crippen molar-refractivity contribution in [2.75, 3.05) is 12.3 Å². The number of nitrogens with one attached hydrogen (secondary N) is 1. The van der Waals surface area contributed by atoms with Crippen LogP contribution in [-0.4, -0.2) is 22.5 Å². The average molecular weight is 247 g/mol. The summed E-state index contributed by atoms with van der Waals surface area (Å²) in [5.41, 5.74) is 0. The van der Waals surface area contributed by atoms with Crippen LogP contribution in [0, 0.1) is 11.6 Å². The molecular formula is C11H15F2NOS. The Labute approximate surface area is 96.5 Å². The molecule has 0 saturated carbocycles. The topological polar surface area (TPSA) is 29.1 Å². The van der Waals surface area contributed by atoms with Crippen LogP contribution in [-0.2, 0) is 10.8 Å². The highest BCUT2D eigenvalue weighted by molar-refractivity contribution is 7.85. The second-order valence-electron chi connectivity index (χ2n) is 3.55. The molecule has 0 amide bonds. The normalized spacial score (nSPS) is 14.8. The molecule has 2 nitrogen and oxygen atoms in total. The Kier molecular flexibility index (Phi) is 5.02. The van der Waals surface area contributed by atoms with Gasteiger partial charge < -0.3 is 5.32 Å². The van der Waals surface area contributed by atoms with Crippen LogP contribution < -0.4 is 5.32 Å². The fourth-order valence-corrected chi connectivity index (χ4v) is 2.66. The SMILES string of the molecule is CCNC(C)CS(=O)c1cc(F)ccc1F. The maximum atomic E-state index is 13.3. The lowest BCUT2D eigenvalue weighted by Crippen LogP contribution is -2.31. The van der Waals surface area contributed by atoms with Gasteiger partial charge in [0.05, 0.1) is 15.7 Å². The molecule has 0 aromatic heterocycles. The number of rotatable bonds is 5. The van der Waals surface area contributed by atoms with Crippen molar-refractivity contribution in [2.45, 2.75) is 24.8 Å². The highest BCUT2D eigenvalue weighted by Gasteiger charge is 2.13. The molecule has 0 spiro atoms. The lowest BCUT2D eigenvalue weighted by molar-refractivity contribution is 0.568. The van der Waals surface area contributed by atoms with Gasteiger partial charge in [0.25, 0.3) is 0 Å². The molecule has 1 aromatic carbocycles. The number of halogens is 2. The van der Waals surface area contributed by atoms with E-state index in [1.54, 1.807) is 0 Å². The van der Waals surface area contributed by atoms with E-state index in [1.807, 2.05) is 13.8 Å². The first-order valence-corrected chi connectivity index (χ1v) is 6.43. The molecule has 16 heavy (non-hydrogen) atoms. The molecule has 2 unspecified atom stereocenters. The second-order valence-corrected chi connectivity index (χ2v) is 5.01. The molecule has 0 fully saturated rings. The van der Waals surface area contributed by atoms with E-state index in [0.29, 0.717) is 0 Å². The summed E-state index contributed by atoms with van der Waals surface area (Å²) in [5.74, 6) is -0.918. The van der Waals surface area contributed by atoms with E-state index in [-0.39, 0.29) is 16.7 Å². The van der Waals surface area contributed by atoms with Gasteiger partial charge in [-0.05, 0) is 31.7 Å². The largest absolute Gasteiger partial charge is 0.314 e. The minimum absolute atomic E-state index is 0.00787. The van der Waals surface area contributed by atoms with Gasteiger partial charge in [-0.3, -0.25) is 4.21 Å². The van der Waals surface area contributed by atoms with E-state index in [9.17, 15) is 13.0 Å². The summed E-state index contributed by atoms with van der Waals surface area (Å²) in [4.78, 5) is -0.0650. The average Bonchev–Trinajstić information content (AvgIpc) is 2.21. The first-order chi connectivity index (χ1) is 7.54. The van der Waals surface area contributed by atoms with E-state index >= 15 is 0 Å². The van der Waals surface area contributed by atoms with E-state index in [1.165, 1.54) is 0 Å². The minimum atomic E-state index is -1.51. The van der Waals surface area contributed by atoms with E-state index in [0.717, 1.165) is 24.7 Å². The Balaban J connectivity index is 2.76. The first kappa shape index (κ1) is 13.3. The highest BCUT2D eigenvalue weighted by Crippen LogP contribution is 2.14. The van der Waals surface area contributed by atoms with Gasteiger partial charge >= 0.3 is 0 Å². The molecule has 2 atom stereocenters. The first-order valence-electron chi connectivity index (χ1n) is 5.11. The maximum Gasteiger partial charge on any atom is 0.139 e. The fraction of sp³-hybridized carbons (Fsp3) is 0.455. The number of benzene rings is 1. The van der Waals surface area contributed by atoms with Crippen molar-refractivity contribution in [1.29, 1.82) is 0 Å². The van der Waals surface area contributed by atoms with Crippen LogP contribution in [0.2, 0.25) is 0 Å². The van der Waals surface area contributed by atoms with Gasteiger partial charge in [0, 0.05) is 11.8 Å². The smallest absolute Gasteiger partial charge is 0.139 e. The Bertz CT molecular complexity index is 384. The standard InChI is InChI=1S/C11H15F2NOS/c1-3-14-8(2)7-16(15)11-6-9(12)4-5-10(11)13/h4-6,8,14H,3,7H2,1-2H3. The maximum absolute atomic E-state index is 13.3. The highest BCUT2D eigenvalue weighted by atomic mass is 32.2. The summed E-state index contributed by atoms with van der Waals surface area (Å²) in [7, 11) is -1.51. The summed E-state index contributed by atoms with van der Waals surface area (Å²) >= 11 is 0. The summed E-state index contributed by atoms with van der Waals surface area (Å²) in [6.07, 6.45) is 0. The van der Waals surface area contributed by atoms with Crippen molar-refractivity contribution in [2.24, 2.45) is 0 Å². The van der Waals surface area contributed by atoms with Crippen molar-refractivity contribution >= 4 is 10.8 Å². The van der Waals surface area contributed by atoms with Gasteiger partial charge in [0.2, 0.25) is 0 Å². The van der Waals surface area contributed by atoms with E-state index in [2.05, 4.69) is 5.32 Å². The lowest BCUT2D eigenvalue weighted by Gasteiger charge is -2.12. The number of hydrogen-bond donors (Lipinski definition) is 1. The van der Waals surface area contributed by atoms with Crippen LogP contribution in [0.15, 0.2) is 23.1 Å². The Morgan fingerprint density at radius 2 is 2.12 bits per heavy atom. The third-order valence-corrected chi connectivity index (χ3v) is 3.70. The van der Waals surface area contributed by atoms with Gasteiger partial charge in [0.1, 0.15) is 11.6 Å². The van der Waals surface area contributed by atoms with Gasteiger partial charge in [-0.25, -0.2) is 8.78 Å². The Morgan fingerprint density at radius 3 is 2.75 bits per heavy atom. The Morgan fingerprint density at radius 1 is 1.44 bits per heavy atom. The quantitative estimate of drug-likeness (QED) is 0.863. The van der Waals surface area contributed by atoms with Gasteiger partial charge in [0.15, 0.2) is 0 Å². The predicted octanol–water partition coefficient (Wildman–Crippen LogP) is 2.07. The summed E-state index contributed by atoms with van der Waals surface area (Å²) in [5, 5.41) is 3.07. The zero-order chi connectivity index (χ0) is 12.1. The van der Waals surface area contributed by atoms with Crippen LogP contribution in [0.1, 0.15) is 13.8 Å². The van der Waals surface area contributed by atoms with Crippen molar-refractivity contribution in [3.05, 3.63) is 29.8 Å². The molecule has 0 aliphatic carbocycles. The zero-order valence-electron chi connectivity index (χ0n) is 9.30. The van der Waals surface area contributed by atoms with Crippen molar-refractivity contribution in [1.82, 2.24) is 5.32 Å². The van der Waals surface area contributed by atoms with Crippen molar-refractivity contribution in [3.63, 3.8) is 0 Å². The van der Waals surface area contributed by atoms with Gasteiger partial charge in [-0.1, -0.05) is 6.92 Å². The fourth-order valence-electron chi connectivity index (χ4n) is 1.38. The van der Waals surface area contributed by atoms with Crippen LogP contribution in [0.4, 0.5) is 8.78 Å². The molecule has 0 radical (unpaired) electrons. The molecule has 0 aliphatic heterocycles. The monoisotopic (exact) mass is 247 g/mol. The van der Waals surface area contributed by atoms with Gasteiger partial charge in [-0.15, -0.1) is 0 Å². The van der Waals surface area contributed by atoms with Crippen molar-refractivity contribution in [3.8, 4) is 0 Å². The zero-order valence-corrected chi connectivity index (χ0v) is 10.1. The van der Waals surface area contributed by atoms with Gasteiger partial charge in [-0.2, -0.15) is 0 Å². The number of hydrogen-bond acceptors (Lipinski definition) is 2. The molecule has 1 aromatic rings. The van der Waals surface area contributed by atoms with Crippen LogP contribution in [0.25, 0.3) is 0 Å². The third kappa shape index (κ3) is 3.64. The van der Waals surface area contributed by atoms with Crippen LogP contribution >= 0.6 is 0 Å².